The second-order valence-electron chi connectivity index (χ2n) is 5.84. The van der Waals surface area contributed by atoms with Crippen molar-refractivity contribution in [2.24, 2.45) is 5.92 Å². The molecule has 3 aromatic rings. The van der Waals surface area contributed by atoms with E-state index >= 15 is 0 Å². The van der Waals surface area contributed by atoms with Gasteiger partial charge in [-0.05, 0) is 24.1 Å². The molecular formula is C18H17F2N3O4. The number of pyridine rings is 1. The SMILES string of the molecule is C[C@H](CO)Cc1nc(-c2cccc(Oc3ccc(OC(F)F)cn3)c2)no1. The minimum Gasteiger partial charge on any atom is -0.439 e. The fourth-order valence-corrected chi connectivity index (χ4v) is 2.24. The van der Waals surface area contributed by atoms with Gasteiger partial charge >= 0.3 is 6.61 Å². The summed E-state index contributed by atoms with van der Waals surface area (Å²) in [7, 11) is 0. The van der Waals surface area contributed by atoms with Crippen molar-refractivity contribution in [3.05, 3.63) is 48.5 Å². The lowest BCUT2D eigenvalue weighted by Gasteiger charge is -2.07. The van der Waals surface area contributed by atoms with Crippen LogP contribution in [0.2, 0.25) is 0 Å². The number of aromatic nitrogens is 3. The third-order valence-corrected chi connectivity index (χ3v) is 3.55. The van der Waals surface area contributed by atoms with E-state index < -0.39 is 6.61 Å². The number of aliphatic hydroxyl groups excluding tert-OH is 1. The Labute approximate surface area is 153 Å². The van der Waals surface area contributed by atoms with E-state index in [-0.39, 0.29) is 24.2 Å². The Morgan fingerprint density at radius 1 is 1.19 bits per heavy atom. The average Bonchev–Trinajstić information content (AvgIpc) is 3.11. The van der Waals surface area contributed by atoms with Crippen LogP contribution in [0.5, 0.6) is 17.4 Å². The summed E-state index contributed by atoms with van der Waals surface area (Å²) < 4.78 is 39.4. The minimum atomic E-state index is -2.91. The van der Waals surface area contributed by atoms with Crippen LogP contribution in [0.4, 0.5) is 8.78 Å². The van der Waals surface area contributed by atoms with Crippen molar-refractivity contribution in [2.75, 3.05) is 6.61 Å². The van der Waals surface area contributed by atoms with Gasteiger partial charge in [-0.25, -0.2) is 4.98 Å². The molecular weight excluding hydrogens is 360 g/mol. The van der Waals surface area contributed by atoms with Crippen LogP contribution >= 0.6 is 0 Å². The van der Waals surface area contributed by atoms with E-state index in [1.54, 1.807) is 24.3 Å². The predicted molar refractivity (Wildman–Crippen MR) is 90.6 cm³/mol. The molecule has 3 rings (SSSR count). The number of rotatable bonds is 8. The van der Waals surface area contributed by atoms with Gasteiger partial charge in [0.2, 0.25) is 17.6 Å². The molecule has 0 unspecified atom stereocenters. The molecule has 0 aliphatic heterocycles. The first-order chi connectivity index (χ1) is 13.0. The molecule has 1 N–H and O–H groups in total. The van der Waals surface area contributed by atoms with Crippen molar-refractivity contribution in [1.82, 2.24) is 15.1 Å². The number of benzene rings is 1. The molecule has 1 aromatic carbocycles. The Morgan fingerprint density at radius 2 is 2.04 bits per heavy atom. The second-order valence-corrected chi connectivity index (χ2v) is 5.84. The predicted octanol–water partition coefficient (Wildman–Crippen LogP) is 3.70. The van der Waals surface area contributed by atoms with Crippen LogP contribution in [0.3, 0.4) is 0 Å². The number of hydrogen-bond donors (Lipinski definition) is 1. The van der Waals surface area contributed by atoms with Crippen LogP contribution in [0.1, 0.15) is 12.8 Å². The molecule has 2 aromatic heterocycles. The Bertz CT molecular complexity index is 871. The van der Waals surface area contributed by atoms with Crippen molar-refractivity contribution in [3.63, 3.8) is 0 Å². The fraction of sp³-hybridized carbons (Fsp3) is 0.278. The molecule has 0 amide bonds. The van der Waals surface area contributed by atoms with Gasteiger partial charge in [-0.2, -0.15) is 13.8 Å². The number of nitrogens with zero attached hydrogens (tertiary/aromatic N) is 3. The summed E-state index contributed by atoms with van der Waals surface area (Å²) >= 11 is 0. The van der Waals surface area contributed by atoms with Gasteiger partial charge in [0.05, 0.1) is 6.20 Å². The highest BCUT2D eigenvalue weighted by molar-refractivity contribution is 5.57. The number of ether oxygens (including phenoxy) is 2. The lowest BCUT2D eigenvalue weighted by atomic mass is 10.1. The van der Waals surface area contributed by atoms with Gasteiger partial charge in [0, 0.05) is 24.7 Å². The molecule has 0 radical (unpaired) electrons. The average molecular weight is 377 g/mol. The smallest absolute Gasteiger partial charge is 0.387 e. The van der Waals surface area contributed by atoms with Gasteiger partial charge in [0.15, 0.2) is 0 Å². The zero-order valence-corrected chi connectivity index (χ0v) is 14.4. The highest BCUT2D eigenvalue weighted by Crippen LogP contribution is 2.26. The number of aliphatic hydroxyl groups is 1. The first kappa shape index (κ1) is 18.7. The van der Waals surface area contributed by atoms with Crippen LogP contribution in [-0.4, -0.2) is 33.4 Å². The molecule has 0 saturated heterocycles. The number of hydrogen-bond acceptors (Lipinski definition) is 7. The lowest BCUT2D eigenvalue weighted by Crippen LogP contribution is -2.04. The van der Waals surface area contributed by atoms with E-state index in [2.05, 4.69) is 19.9 Å². The fourth-order valence-electron chi connectivity index (χ4n) is 2.24. The maximum absolute atomic E-state index is 12.2. The first-order valence-electron chi connectivity index (χ1n) is 8.16. The summed E-state index contributed by atoms with van der Waals surface area (Å²) in [6.45, 7) is -0.992. The van der Waals surface area contributed by atoms with Crippen LogP contribution in [0.15, 0.2) is 47.1 Å². The second kappa shape index (κ2) is 8.54. The maximum Gasteiger partial charge on any atom is 0.387 e. The summed E-state index contributed by atoms with van der Waals surface area (Å²) in [5, 5.41) is 13.0. The molecule has 0 aliphatic carbocycles. The molecule has 142 valence electrons. The van der Waals surface area contributed by atoms with Crippen molar-refractivity contribution in [2.45, 2.75) is 20.0 Å². The number of halogens is 2. The third-order valence-electron chi connectivity index (χ3n) is 3.55. The highest BCUT2D eigenvalue weighted by Gasteiger charge is 2.13. The zero-order chi connectivity index (χ0) is 19.2. The summed E-state index contributed by atoms with van der Waals surface area (Å²) in [6.07, 6.45) is 1.63. The Kier molecular flexibility index (Phi) is 5.92. The van der Waals surface area contributed by atoms with Crippen LogP contribution < -0.4 is 9.47 Å². The van der Waals surface area contributed by atoms with E-state index in [0.29, 0.717) is 29.4 Å². The van der Waals surface area contributed by atoms with Crippen molar-refractivity contribution >= 4 is 0 Å². The van der Waals surface area contributed by atoms with Crippen LogP contribution in [0.25, 0.3) is 11.4 Å². The molecule has 7 nitrogen and oxygen atoms in total. The summed E-state index contributed by atoms with van der Waals surface area (Å²) in [5.41, 5.74) is 0.678. The lowest BCUT2D eigenvalue weighted by molar-refractivity contribution is -0.0501. The molecule has 27 heavy (non-hydrogen) atoms. The molecule has 1 atom stereocenters. The Balaban J connectivity index is 1.70. The minimum absolute atomic E-state index is 0.0241. The van der Waals surface area contributed by atoms with E-state index in [0.717, 1.165) is 6.20 Å². The standard InChI is InChI=1S/C18H17F2N3O4/c1-11(10-24)7-16-22-17(23-27-16)12-3-2-4-13(8-12)25-15-6-5-14(9-21-15)26-18(19)20/h2-6,8-9,11,18,24H,7,10H2,1H3/t11-/m0/s1. The normalized spacial score (nSPS) is 12.2. The third kappa shape index (κ3) is 5.20. The largest absolute Gasteiger partial charge is 0.439 e. The molecule has 0 saturated carbocycles. The quantitative estimate of drug-likeness (QED) is 0.640. The van der Waals surface area contributed by atoms with Gasteiger partial charge in [-0.1, -0.05) is 24.2 Å². The van der Waals surface area contributed by atoms with E-state index in [1.807, 2.05) is 6.92 Å². The van der Waals surface area contributed by atoms with Crippen molar-refractivity contribution < 1.29 is 27.9 Å². The van der Waals surface area contributed by atoms with Crippen molar-refractivity contribution in [3.8, 4) is 28.8 Å². The van der Waals surface area contributed by atoms with E-state index in [9.17, 15) is 8.78 Å². The van der Waals surface area contributed by atoms with Crippen molar-refractivity contribution in [1.29, 1.82) is 0 Å². The first-order valence-corrected chi connectivity index (χ1v) is 8.16. The van der Waals surface area contributed by atoms with E-state index in [1.165, 1.54) is 12.1 Å². The van der Waals surface area contributed by atoms with Gasteiger partial charge in [0.25, 0.3) is 0 Å². The van der Waals surface area contributed by atoms with Gasteiger partial charge < -0.3 is 19.1 Å². The molecule has 0 fully saturated rings. The highest BCUT2D eigenvalue weighted by atomic mass is 19.3. The van der Waals surface area contributed by atoms with Gasteiger partial charge in [-0.3, -0.25) is 0 Å². The van der Waals surface area contributed by atoms with E-state index in [4.69, 9.17) is 14.4 Å². The summed E-state index contributed by atoms with van der Waals surface area (Å²) in [4.78, 5) is 8.23. The Hall–Kier alpha value is -3.07. The van der Waals surface area contributed by atoms with Crippen LogP contribution in [0, 0.1) is 5.92 Å². The van der Waals surface area contributed by atoms with Gasteiger partial charge in [-0.15, -0.1) is 0 Å². The molecule has 0 bridgehead atoms. The summed E-state index contributed by atoms with van der Waals surface area (Å²) in [5.74, 6) is 1.50. The van der Waals surface area contributed by atoms with Gasteiger partial charge in [0.1, 0.15) is 11.5 Å². The summed E-state index contributed by atoms with van der Waals surface area (Å²) in [6, 6.07) is 9.73. The topological polar surface area (TPSA) is 90.5 Å². The zero-order valence-electron chi connectivity index (χ0n) is 14.4. The van der Waals surface area contributed by atoms with Crippen LogP contribution in [-0.2, 0) is 6.42 Å². The number of alkyl halides is 2. The monoisotopic (exact) mass is 377 g/mol. The maximum atomic E-state index is 12.2. The molecule has 2 heterocycles. The molecule has 0 aliphatic rings. The Morgan fingerprint density at radius 3 is 2.74 bits per heavy atom. The molecule has 0 spiro atoms. The molecule has 9 heteroatoms.